The van der Waals surface area contributed by atoms with Crippen molar-refractivity contribution in [3.63, 3.8) is 0 Å². The van der Waals surface area contributed by atoms with Gasteiger partial charge in [0.25, 0.3) is 5.56 Å². The van der Waals surface area contributed by atoms with Gasteiger partial charge in [0, 0.05) is 41.3 Å². The van der Waals surface area contributed by atoms with Crippen LogP contribution in [0.25, 0.3) is 0 Å². The number of carbonyl (C=O) groups is 1. The van der Waals surface area contributed by atoms with Crippen molar-refractivity contribution >= 4 is 23.4 Å². The average Bonchev–Trinajstić information content (AvgIpc) is 2.66. The summed E-state index contributed by atoms with van der Waals surface area (Å²) in [7, 11) is 0. The second-order valence-electron chi connectivity index (χ2n) is 8.64. The summed E-state index contributed by atoms with van der Waals surface area (Å²) >= 11 is 1.56. The van der Waals surface area contributed by atoms with Crippen molar-refractivity contribution in [2.45, 2.75) is 63.3 Å². The van der Waals surface area contributed by atoms with Crippen LogP contribution in [0, 0.1) is 5.41 Å². The molecule has 3 heterocycles. The lowest BCUT2D eigenvalue weighted by Gasteiger charge is -2.38. The fourth-order valence-electron chi connectivity index (χ4n) is 4.11. The number of aromatic amines is 1. The Kier molecular flexibility index (Phi) is 5.11. The molecule has 2 aliphatic rings. The molecule has 2 aromatic rings. The number of fused-ring (bicyclic) bond motifs is 1. The van der Waals surface area contributed by atoms with E-state index in [2.05, 4.69) is 43.0 Å². The van der Waals surface area contributed by atoms with Crippen LogP contribution in [0.3, 0.4) is 0 Å². The van der Waals surface area contributed by atoms with Gasteiger partial charge in [-0.25, -0.2) is 4.98 Å². The van der Waals surface area contributed by atoms with Gasteiger partial charge in [-0.1, -0.05) is 39.5 Å². The number of carbonyl (C=O) groups excluding carboxylic acids is 1. The second-order valence-corrected chi connectivity index (χ2v) is 10.1. The van der Waals surface area contributed by atoms with Gasteiger partial charge in [-0.15, -0.1) is 0 Å². The topological polar surface area (TPSA) is 87.7 Å². The highest BCUT2D eigenvalue weighted by atomic mass is 32.2. The van der Waals surface area contributed by atoms with E-state index in [1.54, 1.807) is 24.2 Å². The van der Waals surface area contributed by atoms with Crippen LogP contribution < -0.4 is 10.9 Å². The standard InChI is InChI=1S/C22H26N4O2S/c1-5-12(2)29-21-25-19-18(20(28)26-21)16(13-6-8-23-9-7-13)17-14(24-19)10-22(3,4)11-15(17)27/h6-9,12,16H,5,10-11H2,1-4H3,(H2,24,25,26,28)/t12-,16-/m0/s1. The summed E-state index contributed by atoms with van der Waals surface area (Å²) in [6.45, 7) is 8.42. The first kappa shape index (κ1) is 19.9. The van der Waals surface area contributed by atoms with Crippen LogP contribution in [0.2, 0.25) is 0 Å². The van der Waals surface area contributed by atoms with Gasteiger partial charge in [0.2, 0.25) is 0 Å². The van der Waals surface area contributed by atoms with E-state index in [-0.39, 0.29) is 16.8 Å². The number of nitrogens with zero attached hydrogens (tertiary/aromatic N) is 2. The number of aromatic nitrogens is 3. The summed E-state index contributed by atoms with van der Waals surface area (Å²) in [6, 6.07) is 3.75. The maximum atomic E-state index is 13.1. The predicted octanol–water partition coefficient (Wildman–Crippen LogP) is 4.26. The van der Waals surface area contributed by atoms with Crippen molar-refractivity contribution in [1.29, 1.82) is 0 Å². The molecule has 4 rings (SSSR count). The Morgan fingerprint density at radius 3 is 2.66 bits per heavy atom. The maximum absolute atomic E-state index is 13.1. The van der Waals surface area contributed by atoms with Crippen LogP contribution in [0.1, 0.15) is 64.0 Å². The molecule has 0 unspecified atom stereocenters. The van der Waals surface area contributed by atoms with E-state index < -0.39 is 5.92 Å². The number of hydrogen-bond donors (Lipinski definition) is 2. The van der Waals surface area contributed by atoms with Gasteiger partial charge in [-0.3, -0.25) is 14.6 Å². The molecule has 0 radical (unpaired) electrons. The normalized spacial score (nSPS) is 21.2. The second kappa shape index (κ2) is 7.44. The fourth-order valence-corrected chi connectivity index (χ4v) is 4.96. The van der Waals surface area contributed by atoms with Crippen LogP contribution in [0.4, 0.5) is 5.82 Å². The largest absolute Gasteiger partial charge is 0.343 e. The molecule has 1 aliphatic heterocycles. The number of ketones is 1. The zero-order chi connectivity index (χ0) is 20.8. The molecular weight excluding hydrogens is 384 g/mol. The van der Waals surface area contributed by atoms with E-state index >= 15 is 0 Å². The molecule has 1 aliphatic carbocycles. The number of nitrogens with one attached hydrogen (secondary N) is 2. The van der Waals surface area contributed by atoms with Crippen LogP contribution >= 0.6 is 11.8 Å². The monoisotopic (exact) mass is 410 g/mol. The van der Waals surface area contributed by atoms with Gasteiger partial charge in [0.15, 0.2) is 10.9 Å². The first-order valence-corrected chi connectivity index (χ1v) is 10.9. The Hall–Kier alpha value is -2.41. The Morgan fingerprint density at radius 1 is 1.24 bits per heavy atom. The summed E-state index contributed by atoms with van der Waals surface area (Å²) < 4.78 is 0. The van der Waals surface area contributed by atoms with E-state index in [9.17, 15) is 9.59 Å². The number of rotatable bonds is 4. The molecule has 2 atom stereocenters. The molecule has 152 valence electrons. The summed E-state index contributed by atoms with van der Waals surface area (Å²) in [5, 5.41) is 4.31. The minimum atomic E-state index is -0.424. The van der Waals surface area contributed by atoms with Gasteiger partial charge < -0.3 is 10.3 Å². The van der Waals surface area contributed by atoms with Crippen LogP contribution in [0.5, 0.6) is 0 Å². The predicted molar refractivity (Wildman–Crippen MR) is 115 cm³/mol. The maximum Gasteiger partial charge on any atom is 0.257 e. The molecule has 29 heavy (non-hydrogen) atoms. The zero-order valence-electron chi connectivity index (χ0n) is 17.2. The lowest BCUT2D eigenvalue weighted by Crippen LogP contribution is -2.37. The van der Waals surface area contributed by atoms with E-state index in [0.29, 0.717) is 33.8 Å². The number of hydrogen-bond acceptors (Lipinski definition) is 6. The molecule has 0 amide bonds. The summed E-state index contributed by atoms with van der Waals surface area (Å²) in [5.41, 5.74) is 2.66. The van der Waals surface area contributed by atoms with Crippen LogP contribution in [-0.4, -0.2) is 26.0 Å². The van der Waals surface area contributed by atoms with Crippen molar-refractivity contribution in [2.24, 2.45) is 5.41 Å². The number of anilines is 1. The summed E-state index contributed by atoms with van der Waals surface area (Å²) in [4.78, 5) is 38.1. The minimum absolute atomic E-state index is 0.0914. The van der Waals surface area contributed by atoms with Crippen molar-refractivity contribution < 1.29 is 4.79 Å². The third-order valence-electron chi connectivity index (χ3n) is 5.63. The van der Waals surface area contributed by atoms with E-state index in [4.69, 9.17) is 4.98 Å². The molecule has 2 N–H and O–H groups in total. The Balaban J connectivity index is 1.90. The molecule has 0 saturated carbocycles. The van der Waals surface area contributed by atoms with Crippen molar-refractivity contribution in [2.75, 3.05) is 5.32 Å². The van der Waals surface area contributed by atoms with Crippen molar-refractivity contribution in [3.8, 4) is 0 Å². The van der Waals surface area contributed by atoms with E-state index in [1.165, 1.54) is 0 Å². The Labute approximate surface area is 174 Å². The molecule has 0 aromatic carbocycles. The molecule has 6 nitrogen and oxygen atoms in total. The highest BCUT2D eigenvalue weighted by molar-refractivity contribution is 7.99. The molecule has 0 bridgehead atoms. The summed E-state index contributed by atoms with van der Waals surface area (Å²) in [6.07, 6.45) is 5.60. The number of Topliss-reactive ketones (excluding diaryl/α,β-unsaturated/α-hetero) is 1. The van der Waals surface area contributed by atoms with E-state index in [1.807, 2.05) is 12.1 Å². The van der Waals surface area contributed by atoms with Crippen LogP contribution in [0.15, 0.2) is 45.7 Å². The SMILES string of the molecule is CC[C@H](C)Sc1nc2c(c(=O)[nH]1)[C@@H](c1ccncc1)C1=C(CC(C)(C)CC1=O)N2. The highest BCUT2D eigenvalue weighted by Crippen LogP contribution is 2.47. The smallest absolute Gasteiger partial charge is 0.257 e. The molecule has 2 aromatic heterocycles. The van der Waals surface area contributed by atoms with Crippen molar-refractivity contribution in [1.82, 2.24) is 15.0 Å². The van der Waals surface area contributed by atoms with Crippen LogP contribution in [-0.2, 0) is 4.79 Å². The van der Waals surface area contributed by atoms with Gasteiger partial charge >= 0.3 is 0 Å². The summed E-state index contributed by atoms with van der Waals surface area (Å²) in [5.74, 6) is 0.228. The highest BCUT2D eigenvalue weighted by Gasteiger charge is 2.42. The van der Waals surface area contributed by atoms with Gasteiger partial charge in [0.1, 0.15) is 5.82 Å². The number of allylic oxidation sites excluding steroid dienone is 2. The van der Waals surface area contributed by atoms with Gasteiger partial charge in [-0.05, 0) is 36.0 Å². The Morgan fingerprint density at radius 2 is 1.97 bits per heavy atom. The van der Waals surface area contributed by atoms with E-state index in [0.717, 1.165) is 24.1 Å². The molecule has 0 saturated heterocycles. The average molecular weight is 411 g/mol. The molecule has 7 heteroatoms. The first-order valence-electron chi connectivity index (χ1n) is 10.0. The lowest BCUT2D eigenvalue weighted by atomic mass is 9.69. The van der Waals surface area contributed by atoms with Gasteiger partial charge in [-0.2, -0.15) is 0 Å². The number of pyridine rings is 1. The number of H-pyrrole nitrogens is 1. The third kappa shape index (κ3) is 3.75. The fraction of sp³-hybridized carbons (Fsp3) is 0.455. The number of thioether (sulfide) groups is 1. The molecule has 0 fully saturated rings. The quantitative estimate of drug-likeness (QED) is 0.579. The zero-order valence-corrected chi connectivity index (χ0v) is 18.0. The molecular formula is C22H26N4O2S. The third-order valence-corrected chi connectivity index (χ3v) is 6.78. The first-order chi connectivity index (χ1) is 13.8. The Bertz CT molecular complexity index is 1040. The lowest BCUT2D eigenvalue weighted by molar-refractivity contribution is -0.118. The minimum Gasteiger partial charge on any atom is -0.343 e. The van der Waals surface area contributed by atoms with Gasteiger partial charge in [0.05, 0.1) is 5.56 Å². The molecule has 0 spiro atoms. The van der Waals surface area contributed by atoms with Crippen molar-refractivity contribution in [3.05, 3.63) is 57.3 Å².